The highest BCUT2D eigenvalue weighted by molar-refractivity contribution is 5.93. The molecule has 4 N–H and O–H groups in total. The third kappa shape index (κ3) is 3.76. The second-order valence-corrected chi connectivity index (χ2v) is 5.49. The SMILES string of the molecule is CCC(O)(CC)CNC(=O)Nc1ccc2[nH]c(C)cc2c1. The monoisotopic (exact) mass is 289 g/mol. The van der Waals surface area contributed by atoms with Gasteiger partial charge in [0.2, 0.25) is 0 Å². The molecular formula is C16H23N3O2. The lowest BCUT2D eigenvalue weighted by Crippen LogP contribution is -2.43. The number of benzene rings is 1. The second kappa shape index (κ2) is 6.18. The van der Waals surface area contributed by atoms with Gasteiger partial charge in [0, 0.05) is 28.8 Å². The summed E-state index contributed by atoms with van der Waals surface area (Å²) in [5.74, 6) is 0. The first-order chi connectivity index (χ1) is 9.95. The Balaban J connectivity index is 1.97. The van der Waals surface area contributed by atoms with Crippen LogP contribution >= 0.6 is 0 Å². The van der Waals surface area contributed by atoms with Gasteiger partial charge in [-0.25, -0.2) is 4.79 Å². The second-order valence-electron chi connectivity index (χ2n) is 5.49. The number of aliphatic hydroxyl groups is 1. The van der Waals surface area contributed by atoms with Crippen LogP contribution in [0.15, 0.2) is 24.3 Å². The summed E-state index contributed by atoms with van der Waals surface area (Å²) in [5, 5.41) is 16.7. The van der Waals surface area contributed by atoms with Crippen molar-refractivity contribution in [2.75, 3.05) is 11.9 Å². The maximum atomic E-state index is 11.9. The van der Waals surface area contributed by atoms with Gasteiger partial charge in [0.25, 0.3) is 0 Å². The van der Waals surface area contributed by atoms with Crippen molar-refractivity contribution in [3.8, 4) is 0 Å². The number of hydrogen-bond acceptors (Lipinski definition) is 2. The van der Waals surface area contributed by atoms with Crippen LogP contribution in [0.1, 0.15) is 32.4 Å². The molecule has 2 rings (SSSR count). The van der Waals surface area contributed by atoms with Crippen molar-refractivity contribution in [2.24, 2.45) is 0 Å². The van der Waals surface area contributed by atoms with Crippen LogP contribution in [0.4, 0.5) is 10.5 Å². The smallest absolute Gasteiger partial charge is 0.319 e. The molecule has 2 amide bonds. The van der Waals surface area contributed by atoms with Crippen molar-refractivity contribution in [2.45, 2.75) is 39.2 Å². The lowest BCUT2D eigenvalue weighted by atomic mass is 9.98. The van der Waals surface area contributed by atoms with E-state index < -0.39 is 5.60 Å². The Labute approximate surface area is 124 Å². The van der Waals surface area contributed by atoms with Crippen LogP contribution in [0.5, 0.6) is 0 Å². The van der Waals surface area contributed by atoms with Crippen LogP contribution in [0.2, 0.25) is 0 Å². The first-order valence-electron chi connectivity index (χ1n) is 7.32. The summed E-state index contributed by atoms with van der Waals surface area (Å²) >= 11 is 0. The van der Waals surface area contributed by atoms with E-state index in [1.54, 1.807) is 0 Å². The summed E-state index contributed by atoms with van der Waals surface area (Å²) in [6.07, 6.45) is 1.22. The summed E-state index contributed by atoms with van der Waals surface area (Å²) < 4.78 is 0. The summed E-state index contributed by atoms with van der Waals surface area (Å²) in [6, 6.07) is 7.44. The van der Waals surface area contributed by atoms with E-state index >= 15 is 0 Å². The zero-order valence-electron chi connectivity index (χ0n) is 12.8. The van der Waals surface area contributed by atoms with Gasteiger partial charge in [-0.2, -0.15) is 0 Å². The Bertz CT molecular complexity index is 629. The molecule has 5 nitrogen and oxygen atoms in total. The molecule has 0 spiro atoms. The van der Waals surface area contributed by atoms with Crippen LogP contribution in [0.3, 0.4) is 0 Å². The highest BCUT2D eigenvalue weighted by Crippen LogP contribution is 2.20. The molecular weight excluding hydrogens is 266 g/mol. The first kappa shape index (κ1) is 15.4. The molecule has 21 heavy (non-hydrogen) atoms. The summed E-state index contributed by atoms with van der Waals surface area (Å²) in [7, 11) is 0. The topological polar surface area (TPSA) is 77.2 Å². The molecule has 0 aliphatic rings. The molecule has 0 atom stereocenters. The Hall–Kier alpha value is -2.01. The summed E-state index contributed by atoms with van der Waals surface area (Å²) in [4.78, 5) is 15.1. The van der Waals surface area contributed by atoms with E-state index in [0.717, 1.165) is 22.3 Å². The molecule has 0 aliphatic heterocycles. The lowest BCUT2D eigenvalue weighted by molar-refractivity contribution is 0.0354. The number of carbonyl (C=O) groups is 1. The van der Waals surface area contributed by atoms with Gasteiger partial charge < -0.3 is 20.7 Å². The summed E-state index contributed by atoms with van der Waals surface area (Å²) in [5.41, 5.74) is 2.03. The van der Waals surface area contributed by atoms with Gasteiger partial charge in [-0.05, 0) is 44.0 Å². The predicted molar refractivity (Wildman–Crippen MR) is 85.6 cm³/mol. The van der Waals surface area contributed by atoms with E-state index in [4.69, 9.17) is 0 Å². The van der Waals surface area contributed by atoms with Gasteiger partial charge in [0.1, 0.15) is 0 Å². The maximum Gasteiger partial charge on any atom is 0.319 e. The van der Waals surface area contributed by atoms with Gasteiger partial charge in [0.05, 0.1) is 5.60 Å². The molecule has 0 aliphatic carbocycles. The highest BCUT2D eigenvalue weighted by atomic mass is 16.3. The molecule has 0 radical (unpaired) electrons. The van der Waals surface area contributed by atoms with Gasteiger partial charge in [-0.1, -0.05) is 13.8 Å². The molecule has 2 aromatic rings. The molecule has 1 aromatic heterocycles. The van der Waals surface area contributed by atoms with Crippen molar-refractivity contribution in [3.63, 3.8) is 0 Å². The zero-order valence-corrected chi connectivity index (χ0v) is 12.8. The molecule has 1 heterocycles. The Morgan fingerprint density at radius 2 is 2.00 bits per heavy atom. The average Bonchev–Trinajstić information content (AvgIpc) is 2.84. The number of carbonyl (C=O) groups excluding carboxylic acids is 1. The van der Waals surface area contributed by atoms with Gasteiger partial charge in [-0.3, -0.25) is 0 Å². The number of rotatable bonds is 5. The van der Waals surface area contributed by atoms with Gasteiger partial charge in [0.15, 0.2) is 0 Å². The molecule has 5 heteroatoms. The van der Waals surface area contributed by atoms with Crippen LogP contribution in [0, 0.1) is 6.92 Å². The summed E-state index contributed by atoms with van der Waals surface area (Å²) in [6.45, 7) is 6.06. The fraction of sp³-hybridized carbons (Fsp3) is 0.438. The molecule has 0 unspecified atom stereocenters. The Morgan fingerprint density at radius 3 is 2.67 bits per heavy atom. The number of nitrogens with one attached hydrogen (secondary N) is 3. The predicted octanol–water partition coefficient (Wildman–Crippen LogP) is 3.15. The number of amides is 2. The molecule has 0 bridgehead atoms. The van der Waals surface area contributed by atoms with Crippen LogP contribution in [-0.4, -0.2) is 28.3 Å². The molecule has 114 valence electrons. The van der Waals surface area contributed by atoms with Gasteiger partial charge in [-0.15, -0.1) is 0 Å². The number of aryl methyl sites for hydroxylation is 1. The highest BCUT2D eigenvalue weighted by Gasteiger charge is 2.22. The number of fused-ring (bicyclic) bond motifs is 1. The first-order valence-corrected chi connectivity index (χ1v) is 7.32. The number of urea groups is 1. The molecule has 1 aromatic carbocycles. The Morgan fingerprint density at radius 1 is 1.29 bits per heavy atom. The standard InChI is InChI=1S/C16H23N3O2/c1-4-16(21,5-2)10-17-15(20)19-13-6-7-14-12(9-13)8-11(3)18-14/h6-9,18,21H,4-5,10H2,1-3H3,(H2,17,19,20). The number of anilines is 1. The third-order valence-electron chi connectivity index (χ3n) is 3.91. The lowest BCUT2D eigenvalue weighted by Gasteiger charge is -2.25. The van der Waals surface area contributed by atoms with E-state index in [1.807, 2.05) is 45.0 Å². The number of aromatic nitrogens is 1. The van der Waals surface area contributed by atoms with E-state index in [2.05, 4.69) is 15.6 Å². The minimum absolute atomic E-state index is 0.247. The van der Waals surface area contributed by atoms with Crippen molar-refractivity contribution in [3.05, 3.63) is 30.0 Å². The maximum absolute atomic E-state index is 11.9. The normalized spacial score (nSPS) is 11.6. The third-order valence-corrected chi connectivity index (χ3v) is 3.91. The quantitative estimate of drug-likeness (QED) is 0.682. The van der Waals surface area contributed by atoms with Crippen LogP contribution in [-0.2, 0) is 0 Å². The van der Waals surface area contributed by atoms with Gasteiger partial charge >= 0.3 is 6.03 Å². The number of aromatic amines is 1. The van der Waals surface area contributed by atoms with E-state index in [0.29, 0.717) is 12.8 Å². The Kier molecular flexibility index (Phi) is 4.53. The van der Waals surface area contributed by atoms with E-state index in [1.165, 1.54) is 0 Å². The largest absolute Gasteiger partial charge is 0.388 e. The van der Waals surface area contributed by atoms with Crippen LogP contribution < -0.4 is 10.6 Å². The fourth-order valence-corrected chi connectivity index (χ4v) is 2.28. The van der Waals surface area contributed by atoms with Crippen molar-refractivity contribution >= 4 is 22.6 Å². The van der Waals surface area contributed by atoms with Crippen molar-refractivity contribution in [1.82, 2.24) is 10.3 Å². The van der Waals surface area contributed by atoms with E-state index in [9.17, 15) is 9.90 Å². The fourth-order valence-electron chi connectivity index (χ4n) is 2.28. The van der Waals surface area contributed by atoms with Crippen LogP contribution in [0.25, 0.3) is 10.9 Å². The molecule has 0 fully saturated rings. The molecule has 0 saturated heterocycles. The molecule has 0 saturated carbocycles. The van der Waals surface area contributed by atoms with Crippen molar-refractivity contribution < 1.29 is 9.90 Å². The average molecular weight is 289 g/mol. The zero-order chi connectivity index (χ0) is 15.5. The van der Waals surface area contributed by atoms with Crippen molar-refractivity contribution in [1.29, 1.82) is 0 Å². The minimum atomic E-state index is -0.834. The minimum Gasteiger partial charge on any atom is -0.388 e. The number of H-pyrrole nitrogens is 1. The number of hydrogen-bond donors (Lipinski definition) is 4. The van der Waals surface area contributed by atoms with E-state index in [-0.39, 0.29) is 12.6 Å².